The fraction of sp³-hybridized carbons (Fsp3) is 0.237. The van der Waals surface area contributed by atoms with Crippen molar-refractivity contribution in [1.82, 2.24) is 20.2 Å². The van der Waals surface area contributed by atoms with E-state index in [1.807, 2.05) is 66.7 Å². The molecule has 0 bridgehead atoms. The number of aromatic nitrogens is 2. The third kappa shape index (κ3) is 7.55. The minimum atomic E-state index is -0.521. The summed E-state index contributed by atoms with van der Waals surface area (Å²) in [6.45, 7) is 5.77. The van der Waals surface area contributed by atoms with E-state index < -0.39 is 6.29 Å². The first-order valence-corrected chi connectivity index (χ1v) is 15.5. The van der Waals surface area contributed by atoms with Gasteiger partial charge >= 0.3 is 0 Å². The average Bonchev–Trinajstić information content (AvgIpc) is 3.10. The van der Waals surface area contributed by atoms with Gasteiger partial charge < -0.3 is 24.8 Å². The Labute approximate surface area is 269 Å². The summed E-state index contributed by atoms with van der Waals surface area (Å²) in [7, 11) is 2.06. The monoisotopic (exact) mass is 614 g/mol. The van der Waals surface area contributed by atoms with Crippen LogP contribution in [0.4, 0.5) is 0 Å². The number of hydrogen-bond donors (Lipinski definition) is 2. The van der Waals surface area contributed by atoms with Crippen molar-refractivity contribution in [3.8, 4) is 11.1 Å². The van der Waals surface area contributed by atoms with Gasteiger partial charge in [0, 0.05) is 31.6 Å². The van der Waals surface area contributed by atoms with Crippen molar-refractivity contribution in [3.05, 3.63) is 144 Å². The van der Waals surface area contributed by atoms with Crippen LogP contribution in [0, 0.1) is 0 Å². The van der Waals surface area contributed by atoms with Gasteiger partial charge in [0.1, 0.15) is 5.69 Å². The van der Waals surface area contributed by atoms with Gasteiger partial charge in [-0.3, -0.25) is 9.78 Å². The summed E-state index contributed by atoms with van der Waals surface area (Å²) in [6.07, 6.45) is 3.44. The van der Waals surface area contributed by atoms with E-state index in [0.717, 1.165) is 58.4 Å². The number of hydrogen-bond acceptors (Lipinski definition) is 7. The molecule has 8 heteroatoms. The molecule has 234 valence electrons. The SMILES string of the molecule is C=CCN(C)CC1CC(c2ccc(CO)cc2)OC(c2ccc(-c3cccc(CNC(=O)c4cnc5ccccc5n4)c3)cc2)O1. The van der Waals surface area contributed by atoms with Crippen LogP contribution >= 0.6 is 0 Å². The number of nitrogens with zero attached hydrogens (tertiary/aromatic N) is 3. The quantitative estimate of drug-likeness (QED) is 0.167. The molecular formula is C38H38N4O4. The van der Waals surface area contributed by atoms with Gasteiger partial charge in [0.2, 0.25) is 0 Å². The first-order chi connectivity index (χ1) is 22.5. The Morgan fingerprint density at radius 3 is 2.46 bits per heavy atom. The number of para-hydroxylation sites is 2. The Bertz CT molecular complexity index is 1790. The van der Waals surface area contributed by atoms with Crippen LogP contribution in [0.15, 0.2) is 116 Å². The lowest BCUT2D eigenvalue weighted by Crippen LogP contribution is -2.37. The summed E-state index contributed by atoms with van der Waals surface area (Å²) < 4.78 is 13.0. The first-order valence-electron chi connectivity index (χ1n) is 15.5. The second-order valence-corrected chi connectivity index (χ2v) is 11.6. The predicted octanol–water partition coefficient (Wildman–Crippen LogP) is 6.38. The fourth-order valence-corrected chi connectivity index (χ4v) is 5.71. The molecule has 1 aliphatic heterocycles. The molecule has 4 aromatic carbocycles. The lowest BCUT2D eigenvalue weighted by molar-refractivity contribution is -0.252. The van der Waals surface area contributed by atoms with Crippen molar-refractivity contribution < 1.29 is 19.4 Å². The number of amides is 1. The maximum Gasteiger partial charge on any atom is 0.271 e. The highest BCUT2D eigenvalue weighted by Crippen LogP contribution is 2.38. The van der Waals surface area contributed by atoms with E-state index in [0.29, 0.717) is 12.1 Å². The second kappa shape index (κ2) is 14.6. The molecule has 1 saturated heterocycles. The highest BCUT2D eigenvalue weighted by Gasteiger charge is 2.32. The van der Waals surface area contributed by atoms with E-state index >= 15 is 0 Å². The summed E-state index contributed by atoms with van der Waals surface area (Å²) in [5, 5.41) is 12.4. The van der Waals surface area contributed by atoms with Gasteiger partial charge in [0.25, 0.3) is 5.91 Å². The molecule has 1 amide bonds. The smallest absolute Gasteiger partial charge is 0.271 e. The van der Waals surface area contributed by atoms with Gasteiger partial charge in [-0.05, 0) is 53.1 Å². The van der Waals surface area contributed by atoms with Crippen molar-refractivity contribution >= 4 is 16.9 Å². The lowest BCUT2D eigenvalue weighted by Gasteiger charge is -2.37. The summed E-state index contributed by atoms with van der Waals surface area (Å²) >= 11 is 0. The van der Waals surface area contributed by atoms with Gasteiger partial charge in [-0.1, -0.05) is 84.9 Å². The number of likely N-dealkylation sites (N-methyl/N-ethyl adjacent to an activating group) is 1. The molecule has 0 saturated carbocycles. The lowest BCUT2D eigenvalue weighted by atomic mass is 9.99. The first kappa shape index (κ1) is 31.3. The number of aliphatic hydroxyl groups is 1. The maximum atomic E-state index is 12.8. The van der Waals surface area contributed by atoms with E-state index in [1.54, 1.807) is 0 Å². The number of benzene rings is 4. The molecular weight excluding hydrogens is 576 g/mol. The molecule has 2 heterocycles. The maximum absolute atomic E-state index is 12.8. The molecule has 3 unspecified atom stereocenters. The fourth-order valence-electron chi connectivity index (χ4n) is 5.71. The molecule has 2 N–H and O–H groups in total. The molecule has 5 aromatic rings. The largest absolute Gasteiger partial charge is 0.392 e. The minimum absolute atomic E-state index is 0.0108. The van der Waals surface area contributed by atoms with E-state index in [-0.39, 0.29) is 30.4 Å². The third-order valence-electron chi connectivity index (χ3n) is 8.15. The van der Waals surface area contributed by atoms with Gasteiger partial charge in [-0.25, -0.2) is 4.98 Å². The molecule has 1 aliphatic rings. The van der Waals surface area contributed by atoms with Crippen molar-refractivity contribution in [1.29, 1.82) is 0 Å². The summed E-state index contributed by atoms with van der Waals surface area (Å²) in [5.41, 5.74) is 7.67. The van der Waals surface area contributed by atoms with Crippen LogP contribution in [0.5, 0.6) is 0 Å². The van der Waals surface area contributed by atoms with E-state index in [2.05, 4.69) is 70.2 Å². The highest BCUT2D eigenvalue weighted by atomic mass is 16.7. The number of ether oxygens (including phenoxy) is 2. The molecule has 8 nitrogen and oxygen atoms in total. The molecule has 0 spiro atoms. The molecule has 46 heavy (non-hydrogen) atoms. The summed E-state index contributed by atoms with van der Waals surface area (Å²) in [4.78, 5) is 23.8. The Hall–Kier alpha value is -4.73. The Morgan fingerprint density at radius 1 is 0.935 bits per heavy atom. The zero-order valence-electron chi connectivity index (χ0n) is 25.9. The van der Waals surface area contributed by atoms with Gasteiger partial charge in [-0.15, -0.1) is 6.58 Å². The third-order valence-corrected chi connectivity index (χ3v) is 8.15. The highest BCUT2D eigenvalue weighted by molar-refractivity contribution is 5.93. The van der Waals surface area contributed by atoms with Crippen molar-refractivity contribution in [3.63, 3.8) is 0 Å². The van der Waals surface area contributed by atoms with E-state index in [9.17, 15) is 9.90 Å². The number of aliphatic hydroxyl groups excluding tert-OH is 1. The average molecular weight is 615 g/mol. The Balaban J connectivity index is 1.14. The van der Waals surface area contributed by atoms with E-state index in [4.69, 9.17) is 9.47 Å². The second-order valence-electron chi connectivity index (χ2n) is 11.6. The van der Waals surface area contributed by atoms with E-state index in [1.165, 1.54) is 6.20 Å². The van der Waals surface area contributed by atoms with Crippen LogP contribution in [-0.2, 0) is 22.6 Å². The van der Waals surface area contributed by atoms with Crippen LogP contribution in [0.2, 0.25) is 0 Å². The number of rotatable bonds is 11. The number of fused-ring (bicyclic) bond motifs is 1. The number of nitrogens with one attached hydrogen (secondary N) is 1. The topological polar surface area (TPSA) is 96.8 Å². The van der Waals surface area contributed by atoms with Crippen LogP contribution in [-0.4, -0.2) is 52.1 Å². The summed E-state index contributed by atoms with van der Waals surface area (Å²) in [6, 6.07) is 31.8. The Kier molecular flexibility index (Phi) is 9.91. The summed E-state index contributed by atoms with van der Waals surface area (Å²) in [5.74, 6) is -0.267. The van der Waals surface area contributed by atoms with Crippen molar-refractivity contribution in [2.75, 3.05) is 20.1 Å². The molecule has 0 aliphatic carbocycles. The minimum Gasteiger partial charge on any atom is -0.392 e. The van der Waals surface area contributed by atoms with Crippen LogP contribution in [0.1, 0.15) is 51.6 Å². The molecule has 1 aromatic heterocycles. The molecule has 1 fully saturated rings. The number of carbonyl (C=O) groups excluding carboxylic acids is 1. The van der Waals surface area contributed by atoms with Gasteiger partial charge in [0.15, 0.2) is 6.29 Å². The van der Waals surface area contributed by atoms with Gasteiger partial charge in [0.05, 0.1) is 36.0 Å². The zero-order valence-corrected chi connectivity index (χ0v) is 25.9. The Morgan fingerprint density at radius 2 is 1.70 bits per heavy atom. The standard InChI is InChI=1S/C38H38N4O4/c1-3-19-42(2)24-32-21-36(29-13-11-26(25-43)12-14-29)46-38(45-32)30-17-15-28(16-18-30)31-8-6-7-27(20-31)22-40-37(44)35-23-39-33-9-4-5-10-34(33)41-35/h3-18,20,23,32,36,38,43H,1,19,21-22,24-25H2,2H3,(H,40,44). The van der Waals surface area contributed by atoms with Gasteiger partial charge in [-0.2, -0.15) is 0 Å². The van der Waals surface area contributed by atoms with Crippen LogP contribution in [0.3, 0.4) is 0 Å². The molecule has 0 radical (unpaired) electrons. The predicted molar refractivity (Wildman–Crippen MR) is 179 cm³/mol. The van der Waals surface area contributed by atoms with Crippen molar-refractivity contribution in [2.24, 2.45) is 0 Å². The number of carbonyl (C=O) groups is 1. The normalized spacial score (nSPS) is 18.0. The molecule has 3 atom stereocenters. The van der Waals surface area contributed by atoms with Crippen molar-refractivity contribution in [2.45, 2.75) is 38.1 Å². The van der Waals surface area contributed by atoms with Crippen LogP contribution < -0.4 is 5.32 Å². The zero-order chi connectivity index (χ0) is 31.9. The van der Waals surface area contributed by atoms with Crippen LogP contribution in [0.25, 0.3) is 22.2 Å². The molecule has 6 rings (SSSR count).